The van der Waals surface area contributed by atoms with Crippen LogP contribution in [0.1, 0.15) is 51.0 Å². The van der Waals surface area contributed by atoms with E-state index in [-0.39, 0.29) is 11.8 Å². The summed E-state index contributed by atoms with van der Waals surface area (Å²) in [5.74, 6) is 3.73. The Balaban J connectivity index is 1.27. The van der Waals surface area contributed by atoms with Crippen LogP contribution in [-0.4, -0.2) is 30.0 Å². The lowest BCUT2D eigenvalue weighted by atomic mass is 9.83. The molecule has 0 unspecified atom stereocenters. The number of carbonyl (C=O) groups excluding carboxylic acids is 1. The van der Waals surface area contributed by atoms with Gasteiger partial charge in [0.25, 0.3) is 0 Å². The average molecular weight is 352 g/mol. The molecule has 2 bridgehead atoms. The van der Waals surface area contributed by atoms with Gasteiger partial charge in [-0.25, -0.2) is 4.98 Å². The minimum atomic E-state index is 0.116. The molecule has 3 fully saturated rings. The Kier molecular flexibility index (Phi) is 4.84. The molecule has 4 atom stereocenters. The summed E-state index contributed by atoms with van der Waals surface area (Å²) in [5.41, 5.74) is 0.581. The van der Waals surface area contributed by atoms with Crippen molar-refractivity contribution in [3.05, 3.63) is 23.9 Å². The maximum atomic E-state index is 12.7. The van der Waals surface area contributed by atoms with Crippen LogP contribution in [0.4, 0.5) is 5.82 Å². The van der Waals surface area contributed by atoms with Crippen molar-refractivity contribution >= 4 is 11.7 Å². The first-order chi connectivity index (χ1) is 12.6. The quantitative estimate of drug-likeness (QED) is 0.904. The van der Waals surface area contributed by atoms with Gasteiger partial charge in [0.15, 0.2) is 0 Å². The number of anilines is 1. The topological polar surface area (TPSA) is 69.0 Å². The number of nitriles is 1. The predicted molar refractivity (Wildman–Crippen MR) is 100 cm³/mol. The first-order valence-corrected chi connectivity index (χ1v) is 10.1. The summed E-state index contributed by atoms with van der Waals surface area (Å²) in [6.45, 7) is 3.90. The van der Waals surface area contributed by atoms with Gasteiger partial charge < -0.3 is 10.2 Å². The molecule has 2 heterocycles. The molecular weight excluding hydrogens is 324 g/mol. The Bertz CT molecular complexity index is 687. The highest BCUT2D eigenvalue weighted by Crippen LogP contribution is 2.49. The molecule has 1 aromatic heterocycles. The van der Waals surface area contributed by atoms with Gasteiger partial charge in [-0.1, -0.05) is 6.42 Å². The van der Waals surface area contributed by atoms with Crippen LogP contribution in [0.15, 0.2) is 18.3 Å². The second-order valence-electron chi connectivity index (χ2n) is 8.41. The number of nitrogens with zero attached hydrogens (tertiary/aromatic N) is 3. The normalized spacial score (nSPS) is 29.4. The monoisotopic (exact) mass is 352 g/mol. The van der Waals surface area contributed by atoms with Gasteiger partial charge in [0, 0.05) is 31.2 Å². The zero-order valence-corrected chi connectivity index (χ0v) is 15.5. The number of hydrogen-bond donors (Lipinski definition) is 1. The van der Waals surface area contributed by atoms with Crippen molar-refractivity contribution in [1.29, 1.82) is 5.26 Å². The molecule has 3 aliphatic rings. The molecular formula is C21H28N4O. The van der Waals surface area contributed by atoms with Crippen molar-refractivity contribution in [3.8, 4) is 6.07 Å². The SMILES string of the molecule is C[C@H](NC(=O)C1CCN(c2ccc(C#N)cn2)CC1)[C@H]1C[C@H]2CC[C@H]1C2. The second kappa shape index (κ2) is 7.26. The third kappa shape index (κ3) is 3.42. The van der Waals surface area contributed by atoms with E-state index in [2.05, 4.69) is 28.2 Å². The second-order valence-corrected chi connectivity index (χ2v) is 8.41. The molecule has 5 nitrogen and oxygen atoms in total. The van der Waals surface area contributed by atoms with Crippen molar-refractivity contribution in [1.82, 2.24) is 10.3 Å². The third-order valence-electron chi connectivity index (χ3n) is 6.87. The predicted octanol–water partition coefficient (Wildman–Crippen LogP) is 3.11. The van der Waals surface area contributed by atoms with Gasteiger partial charge in [-0.05, 0) is 68.9 Å². The average Bonchev–Trinajstić information content (AvgIpc) is 3.32. The minimum absolute atomic E-state index is 0.116. The maximum Gasteiger partial charge on any atom is 0.223 e. The number of hydrogen-bond acceptors (Lipinski definition) is 4. The number of rotatable bonds is 4. The van der Waals surface area contributed by atoms with Crippen molar-refractivity contribution < 1.29 is 4.79 Å². The van der Waals surface area contributed by atoms with Crippen molar-refractivity contribution in [2.75, 3.05) is 18.0 Å². The van der Waals surface area contributed by atoms with Crippen LogP contribution in [0.5, 0.6) is 0 Å². The smallest absolute Gasteiger partial charge is 0.223 e. The highest BCUT2D eigenvalue weighted by atomic mass is 16.1. The van der Waals surface area contributed by atoms with E-state index in [1.807, 2.05) is 6.07 Å². The molecule has 1 aromatic rings. The Morgan fingerprint density at radius 2 is 2.08 bits per heavy atom. The molecule has 138 valence electrons. The molecule has 0 radical (unpaired) electrons. The fourth-order valence-corrected chi connectivity index (χ4v) is 5.37. The minimum Gasteiger partial charge on any atom is -0.357 e. The van der Waals surface area contributed by atoms with E-state index in [0.29, 0.717) is 17.5 Å². The molecule has 2 aliphatic carbocycles. The van der Waals surface area contributed by atoms with E-state index < -0.39 is 0 Å². The number of aromatic nitrogens is 1. The van der Waals surface area contributed by atoms with Crippen molar-refractivity contribution in [3.63, 3.8) is 0 Å². The van der Waals surface area contributed by atoms with Crippen LogP contribution in [0, 0.1) is 35.0 Å². The van der Waals surface area contributed by atoms with Crippen LogP contribution in [0.25, 0.3) is 0 Å². The number of amides is 1. The van der Waals surface area contributed by atoms with E-state index >= 15 is 0 Å². The molecule has 26 heavy (non-hydrogen) atoms. The van der Waals surface area contributed by atoms with E-state index in [4.69, 9.17) is 5.26 Å². The van der Waals surface area contributed by atoms with E-state index in [1.165, 1.54) is 25.7 Å². The number of carbonyl (C=O) groups is 1. The lowest BCUT2D eigenvalue weighted by molar-refractivity contribution is -0.126. The molecule has 1 aliphatic heterocycles. The van der Waals surface area contributed by atoms with E-state index in [9.17, 15) is 4.79 Å². The fourth-order valence-electron chi connectivity index (χ4n) is 5.37. The van der Waals surface area contributed by atoms with Gasteiger partial charge in [-0.2, -0.15) is 5.26 Å². The van der Waals surface area contributed by atoms with Gasteiger partial charge >= 0.3 is 0 Å². The standard InChI is InChI=1S/C21H28N4O/c1-14(19-11-15-2-4-18(19)10-15)24-21(26)17-6-8-25(9-7-17)20-5-3-16(12-22)13-23-20/h3,5,13-15,17-19H,2,4,6-11H2,1H3,(H,24,26)/t14-,15-,18-,19+/m0/s1. The fraction of sp³-hybridized carbons (Fsp3) is 0.667. The number of piperidine rings is 1. The maximum absolute atomic E-state index is 12.7. The van der Waals surface area contributed by atoms with Gasteiger partial charge in [0.2, 0.25) is 5.91 Å². The van der Waals surface area contributed by atoms with Crippen molar-refractivity contribution in [2.45, 2.75) is 51.5 Å². The van der Waals surface area contributed by atoms with E-state index in [0.717, 1.165) is 43.6 Å². The van der Waals surface area contributed by atoms with Crippen LogP contribution >= 0.6 is 0 Å². The van der Waals surface area contributed by atoms with E-state index in [1.54, 1.807) is 12.3 Å². The zero-order chi connectivity index (χ0) is 18.1. The number of fused-ring (bicyclic) bond motifs is 2. The molecule has 1 amide bonds. The summed E-state index contributed by atoms with van der Waals surface area (Å²) in [6.07, 6.45) is 8.84. The summed E-state index contributed by atoms with van der Waals surface area (Å²) in [6, 6.07) is 6.11. The summed E-state index contributed by atoms with van der Waals surface area (Å²) >= 11 is 0. The molecule has 5 heteroatoms. The van der Waals surface area contributed by atoms with Gasteiger partial charge in [0.05, 0.1) is 5.56 Å². The highest BCUT2D eigenvalue weighted by molar-refractivity contribution is 5.79. The molecule has 1 saturated heterocycles. The van der Waals surface area contributed by atoms with Crippen LogP contribution in [-0.2, 0) is 4.79 Å². The summed E-state index contributed by atoms with van der Waals surface area (Å²) in [4.78, 5) is 19.3. The summed E-state index contributed by atoms with van der Waals surface area (Å²) < 4.78 is 0. The number of nitrogens with one attached hydrogen (secondary N) is 1. The Hall–Kier alpha value is -2.09. The number of pyridine rings is 1. The van der Waals surface area contributed by atoms with Crippen LogP contribution < -0.4 is 10.2 Å². The Labute approximate surface area is 155 Å². The molecule has 0 spiro atoms. The van der Waals surface area contributed by atoms with Gasteiger partial charge in [-0.3, -0.25) is 4.79 Å². The third-order valence-corrected chi connectivity index (χ3v) is 6.87. The van der Waals surface area contributed by atoms with Crippen LogP contribution in [0.3, 0.4) is 0 Å². The summed E-state index contributed by atoms with van der Waals surface area (Å²) in [7, 11) is 0. The zero-order valence-electron chi connectivity index (χ0n) is 15.5. The Morgan fingerprint density at radius 1 is 1.27 bits per heavy atom. The van der Waals surface area contributed by atoms with Gasteiger partial charge in [-0.15, -0.1) is 0 Å². The molecule has 2 saturated carbocycles. The highest BCUT2D eigenvalue weighted by Gasteiger charge is 2.42. The first-order valence-electron chi connectivity index (χ1n) is 10.1. The lowest BCUT2D eigenvalue weighted by Gasteiger charge is -2.34. The molecule has 0 aromatic carbocycles. The Morgan fingerprint density at radius 3 is 2.65 bits per heavy atom. The molecule has 1 N–H and O–H groups in total. The summed E-state index contributed by atoms with van der Waals surface area (Å²) in [5, 5.41) is 12.2. The van der Waals surface area contributed by atoms with Crippen molar-refractivity contribution in [2.24, 2.45) is 23.7 Å². The van der Waals surface area contributed by atoms with Gasteiger partial charge in [0.1, 0.15) is 11.9 Å². The first kappa shape index (κ1) is 17.3. The van der Waals surface area contributed by atoms with Crippen LogP contribution in [0.2, 0.25) is 0 Å². The largest absolute Gasteiger partial charge is 0.357 e. The molecule has 4 rings (SSSR count). The lowest BCUT2D eigenvalue weighted by Crippen LogP contribution is -2.46.